The maximum Gasteiger partial charge on any atom is 0.0314 e. The fraction of sp³-hybridized carbons (Fsp3) is 0.267. The van der Waals surface area contributed by atoms with Crippen LogP contribution in [0.2, 0.25) is 0 Å². The first kappa shape index (κ1) is 9.59. The molecule has 16 heavy (non-hydrogen) atoms. The highest BCUT2D eigenvalue weighted by Gasteiger charge is 2.35. The highest BCUT2D eigenvalue weighted by Crippen LogP contribution is 2.48. The average molecular weight is 209 g/mol. The minimum Gasteiger partial charge on any atom is -0.264 e. The number of fused-ring (bicyclic) bond motifs is 3. The van der Waals surface area contributed by atoms with Gasteiger partial charge in [0.05, 0.1) is 0 Å². The molecule has 2 aromatic rings. The summed E-state index contributed by atoms with van der Waals surface area (Å²) in [7, 11) is 0. The van der Waals surface area contributed by atoms with Crippen LogP contribution in [0.15, 0.2) is 36.7 Å². The second-order valence-electron chi connectivity index (χ2n) is 5.10. The topological polar surface area (TPSA) is 12.9 Å². The summed E-state index contributed by atoms with van der Waals surface area (Å²) in [6, 6.07) is 8.86. The van der Waals surface area contributed by atoms with Gasteiger partial charge in [-0.2, -0.15) is 0 Å². The summed E-state index contributed by atoms with van der Waals surface area (Å²) < 4.78 is 0. The summed E-state index contributed by atoms with van der Waals surface area (Å²) in [6.45, 7) is 6.69. The Morgan fingerprint density at radius 3 is 2.62 bits per heavy atom. The third-order valence-corrected chi connectivity index (χ3v) is 3.63. The monoisotopic (exact) mass is 209 g/mol. The Labute approximate surface area is 96.2 Å². The third-order valence-electron chi connectivity index (χ3n) is 3.63. The van der Waals surface area contributed by atoms with E-state index in [9.17, 15) is 0 Å². The van der Waals surface area contributed by atoms with E-state index in [0.717, 1.165) is 0 Å². The van der Waals surface area contributed by atoms with E-state index in [1.165, 1.54) is 27.8 Å². The van der Waals surface area contributed by atoms with E-state index in [4.69, 9.17) is 0 Å². The Hall–Kier alpha value is -1.63. The number of benzene rings is 1. The van der Waals surface area contributed by atoms with Crippen molar-refractivity contribution in [3.63, 3.8) is 0 Å². The number of hydrogen-bond acceptors (Lipinski definition) is 1. The Morgan fingerprint density at radius 2 is 1.81 bits per heavy atom. The standard InChI is InChI=1S/C15H15N/c1-10-4-5-13-12(8-10)11-6-7-16-9-14(11)15(13,2)3/h4-9H,1-3H3. The molecule has 1 nitrogen and oxygen atoms in total. The summed E-state index contributed by atoms with van der Waals surface area (Å²) in [5.74, 6) is 0. The van der Waals surface area contributed by atoms with Gasteiger partial charge in [0.1, 0.15) is 0 Å². The van der Waals surface area contributed by atoms with Gasteiger partial charge in [-0.1, -0.05) is 37.6 Å². The second-order valence-corrected chi connectivity index (χ2v) is 5.10. The van der Waals surface area contributed by atoms with Crippen LogP contribution in [-0.2, 0) is 5.41 Å². The molecule has 0 saturated heterocycles. The summed E-state index contributed by atoms with van der Waals surface area (Å²) in [5.41, 5.74) is 6.89. The van der Waals surface area contributed by atoms with E-state index in [1.807, 2.05) is 12.4 Å². The maximum atomic E-state index is 4.26. The molecule has 3 rings (SSSR count). The minimum atomic E-state index is 0.0899. The zero-order chi connectivity index (χ0) is 11.3. The lowest BCUT2D eigenvalue weighted by Crippen LogP contribution is -2.15. The van der Waals surface area contributed by atoms with E-state index >= 15 is 0 Å². The van der Waals surface area contributed by atoms with Crippen molar-refractivity contribution in [2.24, 2.45) is 0 Å². The van der Waals surface area contributed by atoms with Crippen LogP contribution in [0.4, 0.5) is 0 Å². The van der Waals surface area contributed by atoms with Gasteiger partial charge in [-0.15, -0.1) is 0 Å². The molecule has 80 valence electrons. The van der Waals surface area contributed by atoms with Gasteiger partial charge in [-0.3, -0.25) is 4.98 Å². The molecule has 1 aliphatic carbocycles. The molecule has 0 bridgehead atoms. The second kappa shape index (κ2) is 2.94. The molecular weight excluding hydrogens is 194 g/mol. The van der Waals surface area contributed by atoms with Gasteiger partial charge in [-0.25, -0.2) is 0 Å². The third kappa shape index (κ3) is 1.09. The lowest BCUT2D eigenvalue weighted by Gasteiger charge is -2.20. The fourth-order valence-electron chi connectivity index (χ4n) is 2.70. The molecule has 0 atom stereocenters. The number of hydrogen-bond donors (Lipinski definition) is 0. The molecule has 1 heterocycles. The summed E-state index contributed by atoms with van der Waals surface area (Å²) in [6.07, 6.45) is 3.89. The first-order chi connectivity index (χ1) is 7.60. The van der Waals surface area contributed by atoms with Crippen LogP contribution in [0.3, 0.4) is 0 Å². The van der Waals surface area contributed by atoms with Crippen LogP contribution in [0.5, 0.6) is 0 Å². The molecule has 1 aromatic carbocycles. The van der Waals surface area contributed by atoms with Crippen molar-refractivity contribution >= 4 is 0 Å². The summed E-state index contributed by atoms with van der Waals surface area (Å²) in [5, 5.41) is 0. The predicted molar refractivity (Wildman–Crippen MR) is 66.5 cm³/mol. The van der Waals surface area contributed by atoms with Crippen molar-refractivity contribution in [3.05, 3.63) is 53.3 Å². The van der Waals surface area contributed by atoms with Crippen molar-refractivity contribution in [2.75, 3.05) is 0 Å². The first-order valence-electron chi connectivity index (χ1n) is 5.67. The number of nitrogens with zero attached hydrogens (tertiary/aromatic N) is 1. The normalized spacial score (nSPS) is 15.7. The fourth-order valence-corrected chi connectivity index (χ4v) is 2.70. The van der Waals surface area contributed by atoms with Crippen LogP contribution in [-0.4, -0.2) is 4.98 Å². The molecule has 0 saturated carbocycles. The highest BCUT2D eigenvalue weighted by atomic mass is 14.6. The van der Waals surface area contributed by atoms with Crippen molar-refractivity contribution < 1.29 is 0 Å². The molecule has 1 aliphatic rings. The van der Waals surface area contributed by atoms with Crippen molar-refractivity contribution in [1.82, 2.24) is 4.98 Å². The lowest BCUT2D eigenvalue weighted by molar-refractivity contribution is 0.657. The van der Waals surface area contributed by atoms with Crippen LogP contribution in [0.1, 0.15) is 30.5 Å². The number of rotatable bonds is 0. The Morgan fingerprint density at radius 1 is 1.00 bits per heavy atom. The zero-order valence-electron chi connectivity index (χ0n) is 9.91. The number of aryl methyl sites for hydroxylation is 1. The first-order valence-corrected chi connectivity index (χ1v) is 5.67. The van der Waals surface area contributed by atoms with Crippen molar-refractivity contribution in [1.29, 1.82) is 0 Å². The number of aromatic nitrogens is 1. The van der Waals surface area contributed by atoms with Gasteiger partial charge in [0.15, 0.2) is 0 Å². The Bertz CT molecular complexity index is 567. The lowest BCUT2D eigenvalue weighted by atomic mass is 9.83. The summed E-state index contributed by atoms with van der Waals surface area (Å²) in [4.78, 5) is 4.26. The molecular formula is C15H15N. The average Bonchev–Trinajstić information content (AvgIpc) is 2.49. The molecule has 0 N–H and O–H groups in total. The molecule has 0 amide bonds. The Balaban J connectivity index is 2.40. The van der Waals surface area contributed by atoms with Crippen LogP contribution < -0.4 is 0 Å². The van der Waals surface area contributed by atoms with Gasteiger partial charge in [-0.05, 0) is 35.2 Å². The SMILES string of the molecule is Cc1ccc2c(c1)-c1ccncc1C2(C)C. The molecule has 0 spiro atoms. The quantitative estimate of drug-likeness (QED) is 0.644. The van der Waals surface area contributed by atoms with E-state index in [2.05, 4.69) is 50.0 Å². The van der Waals surface area contributed by atoms with E-state index in [1.54, 1.807) is 0 Å². The molecule has 0 radical (unpaired) electrons. The molecule has 0 aliphatic heterocycles. The Kier molecular flexibility index (Phi) is 1.76. The molecule has 0 fully saturated rings. The zero-order valence-corrected chi connectivity index (χ0v) is 9.91. The van der Waals surface area contributed by atoms with Gasteiger partial charge in [0, 0.05) is 17.8 Å². The predicted octanol–water partition coefficient (Wildman–Crippen LogP) is 3.70. The highest BCUT2D eigenvalue weighted by molar-refractivity contribution is 5.80. The number of pyridine rings is 1. The van der Waals surface area contributed by atoms with Crippen LogP contribution >= 0.6 is 0 Å². The van der Waals surface area contributed by atoms with Gasteiger partial charge < -0.3 is 0 Å². The minimum absolute atomic E-state index is 0.0899. The molecule has 0 unspecified atom stereocenters. The molecule has 1 heteroatoms. The smallest absolute Gasteiger partial charge is 0.0314 e. The van der Waals surface area contributed by atoms with Gasteiger partial charge in [0.25, 0.3) is 0 Å². The molecule has 1 aromatic heterocycles. The van der Waals surface area contributed by atoms with E-state index < -0.39 is 0 Å². The van der Waals surface area contributed by atoms with Crippen molar-refractivity contribution in [3.8, 4) is 11.1 Å². The van der Waals surface area contributed by atoms with Gasteiger partial charge >= 0.3 is 0 Å². The van der Waals surface area contributed by atoms with Crippen molar-refractivity contribution in [2.45, 2.75) is 26.2 Å². The van der Waals surface area contributed by atoms with E-state index in [-0.39, 0.29) is 5.41 Å². The van der Waals surface area contributed by atoms with Crippen LogP contribution in [0.25, 0.3) is 11.1 Å². The van der Waals surface area contributed by atoms with E-state index in [0.29, 0.717) is 0 Å². The largest absolute Gasteiger partial charge is 0.264 e. The van der Waals surface area contributed by atoms with Gasteiger partial charge in [0.2, 0.25) is 0 Å². The van der Waals surface area contributed by atoms with Crippen LogP contribution in [0, 0.1) is 6.92 Å². The maximum absolute atomic E-state index is 4.26. The summed E-state index contributed by atoms with van der Waals surface area (Å²) >= 11 is 0.